The van der Waals surface area contributed by atoms with Crippen LogP contribution < -0.4 is 4.90 Å². The van der Waals surface area contributed by atoms with Gasteiger partial charge in [0, 0.05) is 13.0 Å². The molecule has 2 rings (SSSR count). The first-order valence-corrected chi connectivity index (χ1v) is 8.09. The first kappa shape index (κ1) is 14.7. The summed E-state index contributed by atoms with van der Waals surface area (Å²) in [7, 11) is -4.81. The van der Waals surface area contributed by atoms with Gasteiger partial charge < -0.3 is 0 Å². The standard InChI is InChI=1S/C10H9FN4O3S2/c1-19-10-13-4-6(3-12)9(14-10)15-5-7(2-8(15)16)20(11,17)18/h4,7H,2,5H2,1H3. The Hall–Kier alpha value is -1.73. The lowest BCUT2D eigenvalue weighted by Gasteiger charge is -2.16. The molecule has 7 nitrogen and oxygen atoms in total. The van der Waals surface area contributed by atoms with E-state index < -0.39 is 27.8 Å². The Morgan fingerprint density at radius 2 is 2.30 bits per heavy atom. The molecule has 10 heteroatoms. The van der Waals surface area contributed by atoms with E-state index in [1.165, 1.54) is 18.0 Å². The van der Waals surface area contributed by atoms with E-state index in [-0.39, 0.29) is 17.9 Å². The molecule has 1 aliphatic rings. The molecule has 1 aliphatic heterocycles. The van der Waals surface area contributed by atoms with E-state index in [0.717, 1.165) is 4.90 Å². The lowest BCUT2D eigenvalue weighted by molar-refractivity contribution is -0.117. The van der Waals surface area contributed by atoms with Crippen LogP contribution in [-0.2, 0) is 15.0 Å². The van der Waals surface area contributed by atoms with E-state index in [1.807, 2.05) is 6.07 Å². The van der Waals surface area contributed by atoms with Gasteiger partial charge in [-0.2, -0.15) is 13.7 Å². The third kappa shape index (κ3) is 2.73. The van der Waals surface area contributed by atoms with Gasteiger partial charge >= 0.3 is 10.2 Å². The van der Waals surface area contributed by atoms with Crippen molar-refractivity contribution in [2.75, 3.05) is 17.7 Å². The van der Waals surface area contributed by atoms with E-state index in [9.17, 15) is 17.1 Å². The molecule has 1 aromatic rings. The molecule has 1 atom stereocenters. The molecule has 1 amide bonds. The normalized spacial score (nSPS) is 19.1. The zero-order valence-electron chi connectivity index (χ0n) is 10.3. The number of thioether (sulfide) groups is 1. The number of anilines is 1. The Morgan fingerprint density at radius 3 is 2.80 bits per heavy atom. The van der Waals surface area contributed by atoms with Crippen LogP contribution in [0.3, 0.4) is 0 Å². The predicted octanol–water partition coefficient (Wildman–Crippen LogP) is 0.475. The van der Waals surface area contributed by atoms with E-state index in [4.69, 9.17) is 5.26 Å². The topological polar surface area (TPSA) is 104 Å². The van der Waals surface area contributed by atoms with Crippen LogP contribution in [0.4, 0.5) is 9.70 Å². The summed E-state index contributed by atoms with van der Waals surface area (Å²) >= 11 is 1.21. The number of halogens is 1. The van der Waals surface area contributed by atoms with Gasteiger partial charge in [-0.15, -0.1) is 3.89 Å². The second-order valence-corrected chi connectivity index (χ2v) is 6.40. The third-order valence-corrected chi connectivity index (χ3v) is 4.47. The number of hydrogen-bond acceptors (Lipinski definition) is 7. The highest BCUT2D eigenvalue weighted by molar-refractivity contribution is 7.98. The summed E-state index contributed by atoms with van der Waals surface area (Å²) in [5.41, 5.74) is 0.0352. The largest absolute Gasteiger partial charge is 0.307 e. The average Bonchev–Trinajstić information content (AvgIpc) is 2.80. The Labute approximate surface area is 119 Å². The number of carbonyl (C=O) groups is 1. The van der Waals surface area contributed by atoms with Crippen molar-refractivity contribution < 1.29 is 17.1 Å². The van der Waals surface area contributed by atoms with Gasteiger partial charge in [0.05, 0.1) is 6.20 Å². The van der Waals surface area contributed by atoms with Crippen molar-refractivity contribution in [2.24, 2.45) is 0 Å². The number of hydrogen-bond donors (Lipinski definition) is 0. The zero-order valence-corrected chi connectivity index (χ0v) is 11.9. The minimum atomic E-state index is -4.81. The summed E-state index contributed by atoms with van der Waals surface area (Å²) in [6.07, 6.45) is 2.51. The molecule has 0 radical (unpaired) electrons. The van der Waals surface area contributed by atoms with E-state index in [2.05, 4.69) is 9.97 Å². The first-order chi connectivity index (χ1) is 9.36. The fourth-order valence-corrected chi connectivity index (χ4v) is 2.81. The third-order valence-electron chi connectivity index (χ3n) is 2.79. The fourth-order valence-electron chi connectivity index (χ4n) is 1.81. The molecule has 1 unspecified atom stereocenters. The molecule has 0 aliphatic carbocycles. The number of amides is 1. The van der Waals surface area contributed by atoms with E-state index in [0.29, 0.717) is 5.16 Å². The van der Waals surface area contributed by atoms with Crippen LogP contribution in [0.5, 0.6) is 0 Å². The van der Waals surface area contributed by atoms with Gasteiger partial charge in [-0.1, -0.05) is 11.8 Å². The first-order valence-electron chi connectivity index (χ1n) is 5.41. The highest BCUT2D eigenvalue weighted by Gasteiger charge is 2.40. The molecule has 2 heterocycles. The monoisotopic (exact) mass is 316 g/mol. The molecule has 0 saturated carbocycles. The summed E-state index contributed by atoms with van der Waals surface area (Å²) in [5, 5.41) is 7.90. The van der Waals surface area contributed by atoms with Crippen LogP contribution in [0.15, 0.2) is 11.4 Å². The maximum absolute atomic E-state index is 13.0. The van der Waals surface area contributed by atoms with Crippen molar-refractivity contribution in [3.63, 3.8) is 0 Å². The van der Waals surface area contributed by atoms with Crippen LogP contribution in [0.25, 0.3) is 0 Å². The average molecular weight is 316 g/mol. The van der Waals surface area contributed by atoms with Crippen LogP contribution in [0, 0.1) is 11.3 Å². The van der Waals surface area contributed by atoms with Crippen molar-refractivity contribution in [2.45, 2.75) is 16.8 Å². The number of nitrogens with zero attached hydrogens (tertiary/aromatic N) is 4. The molecular weight excluding hydrogens is 307 g/mol. The van der Waals surface area contributed by atoms with Crippen molar-refractivity contribution in [3.05, 3.63) is 11.8 Å². The smallest absolute Gasteiger partial charge is 0.294 e. The molecule has 0 spiro atoms. The van der Waals surface area contributed by atoms with Gasteiger partial charge in [-0.25, -0.2) is 9.97 Å². The zero-order chi connectivity index (χ0) is 14.9. The van der Waals surface area contributed by atoms with E-state index >= 15 is 0 Å². The van der Waals surface area contributed by atoms with E-state index in [1.54, 1.807) is 6.26 Å². The quantitative estimate of drug-likeness (QED) is 0.453. The van der Waals surface area contributed by atoms with Crippen molar-refractivity contribution >= 4 is 33.7 Å². The fraction of sp³-hybridized carbons (Fsp3) is 0.400. The Morgan fingerprint density at radius 1 is 1.60 bits per heavy atom. The molecule has 1 fully saturated rings. The molecule has 1 saturated heterocycles. The number of aromatic nitrogens is 2. The SMILES string of the molecule is CSc1ncc(C#N)c(N2CC(S(=O)(=O)F)CC2=O)n1. The van der Waals surface area contributed by atoms with Gasteiger partial charge in [0.2, 0.25) is 5.91 Å². The second kappa shape index (κ2) is 5.34. The summed E-state index contributed by atoms with van der Waals surface area (Å²) in [6, 6.07) is 1.83. The Kier molecular flexibility index (Phi) is 3.92. The van der Waals surface area contributed by atoms with Gasteiger partial charge in [-0.05, 0) is 6.26 Å². The summed E-state index contributed by atoms with van der Waals surface area (Å²) in [5.74, 6) is -0.568. The van der Waals surface area contributed by atoms with Crippen LogP contribution >= 0.6 is 11.8 Å². The van der Waals surface area contributed by atoms with Crippen LogP contribution in [-0.4, -0.2) is 42.3 Å². The minimum absolute atomic E-state index is 0.0167. The van der Waals surface area contributed by atoms with Gasteiger partial charge in [0.25, 0.3) is 0 Å². The summed E-state index contributed by atoms with van der Waals surface area (Å²) in [6.45, 7) is -0.350. The molecule has 0 aromatic carbocycles. The maximum atomic E-state index is 13.0. The highest BCUT2D eigenvalue weighted by Crippen LogP contribution is 2.27. The summed E-state index contributed by atoms with van der Waals surface area (Å²) in [4.78, 5) is 20.8. The Balaban J connectivity index is 2.42. The van der Waals surface area contributed by atoms with Gasteiger partial charge in [-0.3, -0.25) is 9.69 Å². The molecule has 0 N–H and O–H groups in total. The van der Waals surface area contributed by atoms with Crippen molar-refractivity contribution in [1.29, 1.82) is 5.26 Å². The maximum Gasteiger partial charge on any atom is 0.307 e. The van der Waals surface area contributed by atoms with Crippen LogP contribution in [0.1, 0.15) is 12.0 Å². The lowest BCUT2D eigenvalue weighted by Crippen LogP contribution is -2.28. The van der Waals surface area contributed by atoms with Crippen molar-refractivity contribution in [1.82, 2.24) is 9.97 Å². The van der Waals surface area contributed by atoms with Crippen molar-refractivity contribution in [3.8, 4) is 6.07 Å². The van der Waals surface area contributed by atoms with Gasteiger partial charge in [0.15, 0.2) is 11.0 Å². The summed E-state index contributed by atoms with van der Waals surface area (Å²) < 4.78 is 34.7. The predicted molar refractivity (Wildman–Crippen MR) is 69.3 cm³/mol. The molecule has 20 heavy (non-hydrogen) atoms. The molecular formula is C10H9FN4O3S2. The van der Waals surface area contributed by atoms with Crippen LogP contribution in [0.2, 0.25) is 0 Å². The lowest BCUT2D eigenvalue weighted by atomic mass is 10.3. The highest BCUT2D eigenvalue weighted by atomic mass is 32.3. The number of nitriles is 1. The number of carbonyl (C=O) groups excluding carboxylic acids is 1. The second-order valence-electron chi connectivity index (χ2n) is 4.01. The molecule has 1 aromatic heterocycles. The minimum Gasteiger partial charge on any atom is -0.294 e. The van der Waals surface area contributed by atoms with Gasteiger partial charge in [0.1, 0.15) is 16.9 Å². The Bertz CT molecular complexity index is 701. The number of rotatable bonds is 3. The molecule has 106 valence electrons. The molecule has 0 bridgehead atoms.